The molecule has 0 bridgehead atoms. The Kier molecular flexibility index (Phi) is 4.45. The maximum Gasteiger partial charge on any atom is 0.149 e. The van der Waals surface area contributed by atoms with Crippen molar-refractivity contribution in [1.29, 1.82) is 0 Å². The number of halogens is 1. The topological polar surface area (TPSA) is 29.1 Å². The molecule has 0 spiro atoms. The average molecular weight is 119 g/mol. The second-order valence-corrected chi connectivity index (χ2v) is 1.51. The van der Waals surface area contributed by atoms with Crippen LogP contribution in [0, 0.1) is 0 Å². The summed E-state index contributed by atoms with van der Waals surface area (Å²) in [7, 11) is 1.66. The molecule has 0 saturated heterocycles. The zero-order valence-corrected chi connectivity index (χ0v) is 4.91. The molecule has 0 unspecified atom stereocenters. The van der Waals surface area contributed by atoms with Crippen LogP contribution in [-0.4, -0.2) is 26.1 Å². The van der Waals surface area contributed by atoms with Gasteiger partial charge >= 0.3 is 0 Å². The number of Topliss-reactive ketones (excluding diaryl/α,β-unsaturated/α-hetero) is 1. The van der Waals surface area contributed by atoms with Crippen molar-refractivity contribution >= 4 is 5.78 Å². The second-order valence-electron chi connectivity index (χ2n) is 1.51. The first-order valence-corrected chi connectivity index (χ1v) is 2.53. The monoisotopic (exact) mass is 119 g/mol. The summed E-state index contributed by atoms with van der Waals surface area (Å²) in [5, 5.41) is 2.64. The maximum absolute atomic E-state index is 11.3. The first-order chi connectivity index (χ1) is 3.81. The zero-order chi connectivity index (χ0) is 6.41. The van der Waals surface area contributed by atoms with Crippen molar-refractivity contribution < 1.29 is 9.18 Å². The lowest BCUT2D eigenvalue weighted by Crippen LogP contribution is -2.18. The largest absolute Gasteiger partial charge is 0.313 e. The van der Waals surface area contributed by atoms with Crippen LogP contribution >= 0.6 is 0 Å². The van der Waals surface area contributed by atoms with Crippen LogP contribution in [0.1, 0.15) is 6.42 Å². The van der Waals surface area contributed by atoms with E-state index in [-0.39, 0.29) is 18.7 Å². The number of ketones is 1. The van der Waals surface area contributed by atoms with Crippen LogP contribution in [0.2, 0.25) is 0 Å². The fraction of sp³-hybridized carbons (Fsp3) is 0.800. The molecule has 0 amide bonds. The Balaban J connectivity index is 3.06. The van der Waals surface area contributed by atoms with E-state index in [2.05, 4.69) is 5.32 Å². The van der Waals surface area contributed by atoms with E-state index < -0.39 is 6.67 Å². The number of hydrogen-bond donors (Lipinski definition) is 1. The van der Waals surface area contributed by atoms with Gasteiger partial charge in [0.1, 0.15) is 5.78 Å². The van der Waals surface area contributed by atoms with Crippen molar-refractivity contribution in [3.8, 4) is 0 Å². The minimum absolute atomic E-state index is 0.0425. The van der Waals surface area contributed by atoms with Gasteiger partial charge in [-0.15, -0.1) is 0 Å². The number of carbonyl (C=O) groups is 1. The summed E-state index contributed by atoms with van der Waals surface area (Å²) >= 11 is 0. The minimum atomic E-state index is -0.541. The molecule has 1 N–H and O–H groups in total. The van der Waals surface area contributed by atoms with Gasteiger partial charge in [-0.2, -0.15) is 0 Å². The Labute approximate surface area is 48.1 Å². The number of rotatable bonds is 4. The molecule has 48 valence electrons. The van der Waals surface area contributed by atoms with Gasteiger partial charge in [-0.25, -0.2) is 0 Å². The highest BCUT2D eigenvalue weighted by Crippen LogP contribution is 1.80. The van der Waals surface area contributed by atoms with Crippen LogP contribution in [-0.2, 0) is 4.79 Å². The third kappa shape index (κ3) is 3.74. The summed E-state index contributed by atoms with van der Waals surface area (Å²) < 4.78 is 11.3. The first-order valence-electron chi connectivity index (χ1n) is 2.53. The molecule has 2 nitrogen and oxygen atoms in total. The van der Waals surface area contributed by atoms with Crippen LogP contribution in [0.5, 0.6) is 0 Å². The van der Waals surface area contributed by atoms with Crippen molar-refractivity contribution in [2.75, 3.05) is 20.3 Å². The molecule has 0 fully saturated rings. The summed E-state index contributed by atoms with van der Waals surface area (Å²) in [5.41, 5.74) is 0. The molecule has 8 heavy (non-hydrogen) atoms. The lowest BCUT2D eigenvalue weighted by molar-refractivity contribution is -0.118. The molecule has 0 aliphatic rings. The predicted molar refractivity (Wildman–Crippen MR) is 29.5 cm³/mol. The van der Waals surface area contributed by atoms with Crippen LogP contribution in [0.4, 0.5) is 4.39 Å². The Morgan fingerprint density at radius 3 is 2.75 bits per heavy atom. The number of nitrogens with one attached hydrogen (secondary N) is 1. The van der Waals surface area contributed by atoms with E-state index in [1.165, 1.54) is 0 Å². The summed E-state index contributed by atoms with van der Waals surface area (Å²) in [5.74, 6) is -0.0741. The van der Waals surface area contributed by atoms with Crippen molar-refractivity contribution in [2.24, 2.45) is 0 Å². The van der Waals surface area contributed by atoms with Gasteiger partial charge in [0.25, 0.3) is 0 Å². The average Bonchev–Trinajstić information content (AvgIpc) is 1.68. The minimum Gasteiger partial charge on any atom is -0.313 e. The molecule has 0 aromatic heterocycles. The van der Waals surface area contributed by atoms with Gasteiger partial charge < -0.3 is 5.32 Å². The summed E-state index contributed by atoms with van der Waals surface area (Å²) in [6.45, 7) is -0.259. The van der Waals surface area contributed by atoms with Crippen LogP contribution in [0.25, 0.3) is 0 Å². The summed E-state index contributed by atoms with van der Waals surface area (Å²) in [4.78, 5) is 10.3. The van der Waals surface area contributed by atoms with Crippen LogP contribution < -0.4 is 5.32 Å². The molecule has 0 aliphatic carbocycles. The molecule has 0 aliphatic heterocycles. The Bertz CT molecular complexity index is 66.8. The van der Waals surface area contributed by atoms with Crippen LogP contribution in [0.15, 0.2) is 0 Å². The van der Waals surface area contributed by atoms with Gasteiger partial charge in [-0.3, -0.25) is 9.18 Å². The maximum atomic E-state index is 11.3. The second kappa shape index (κ2) is 4.71. The molecule has 0 radical (unpaired) electrons. The smallest absolute Gasteiger partial charge is 0.149 e. The molecule has 0 rings (SSSR count). The van der Waals surface area contributed by atoms with E-state index in [9.17, 15) is 9.18 Å². The van der Waals surface area contributed by atoms with Gasteiger partial charge in [0, 0.05) is 6.42 Å². The highest BCUT2D eigenvalue weighted by atomic mass is 19.1. The van der Waals surface area contributed by atoms with Gasteiger partial charge in [-0.05, 0) is 7.05 Å². The van der Waals surface area contributed by atoms with Gasteiger partial charge in [0.15, 0.2) is 0 Å². The van der Waals surface area contributed by atoms with E-state index in [1.807, 2.05) is 0 Å². The van der Waals surface area contributed by atoms with E-state index in [4.69, 9.17) is 0 Å². The van der Waals surface area contributed by atoms with Gasteiger partial charge in [0.05, 0.1) is 13.2 Å². The number of likely N-dealkylation sites (N-methyl/N-ethyl adjacent to an activating group) is 1. The Morgan fingerprint density at radius 2 is 2.38 bits per heavy atom. The lowest BCUT2D eigenvalue weighted by Gasteiger charge is -1.92. The third-order valence-electron chi connectivity index (χ3n) is 0.747. The van der Waals surface area contributed by atoms with Gasteiger partial charge in [-0.1, -0.05) is 0 Å². The highest BCUT2D eigenvalue weighted by Gasteiger charge is 1.96. The molecular formula is C5H10FNO. The van der Waals surface area contributed by atoms with Crippen molar-refractivity contribution in [3.63, 3.8) is 0 Å². The summed E-state index contributed by atoms with van der Waals surface area (Å²) in [6.07, 6.45) is 0.0425. The predicted octanol–water partition coefficient (Wildman–Crippen LogP) is 0.134. The van der Waals surface area contributed by atoms with Crippen molar-refractivity contribution in [3.05, 3.63) is 0 Å². The third-order valence-corrected chi connectivity index (χ3v) is 0.747. The molecule has 0 aromatic rings. The standard InChI is InChI=1S/C5H10FNO/c1-7-4-5(8)2-3-6/h7H,2-4H2,1H3. The Morgan fingerprint density at radius 1 is 1.75 bits per heavy atom. The summed E-state index contributed by atoms with van der Waals surface area (Å²) in [6, 6.07) is 0. The zero-order valence-electron chi connectivity index (χ0n) is 4.91. The lowest BCUT2D eigenvalue weighted by atomic mass is 10.3. The van der Waals surface area contributed by atoms with Crippen LogP contribution in [0.3, 0.4) is 0 Å². The molecule has 0 heterocycles. The molecule has 0 atom stereocenters. The quantitative estimate of drug-likeness (QED) is 0.570. The van der Waals surface area contributed by atoms with E-state index in [0.29, 0.717) is 0 Å². The molecule has 3 heteroatoms. The number of alkyl halides is 1. The Hall–Kier alpha value is -0.440. The first kappa shape index (κ1) is 7.56. The highest BCUT2D eigenvalue weighted by molar-refractivity contribution is 5.80. The fourth-order valence-corrected chi connectivity index (χ4v) is 0.391. The van der Waals surface area contributed by atoms with E-state index in [1.54, 1.807) is 7.05 Å². The van der Waals surface area contributed by atoms with Crippen molar-refractivity contribution in [1.82, 2.24) is 5.32 Å². The molecule has 0 aromatic carbocycles. The molecule has 0 saturated carbocycles. The normalized spacial score (nSPS) is 9.25. The van der Waals surface area contributed by atoms with E-state index >= 15 is 0 Å². The number of carbonyl (C=O) groups excluding carboxylic acids is 1. The van der Waals surface area contributed by atoms with E-state index in [0.717, 1.165) is 0 Å². The SMILES string of the molecule is CNCC(=O)CCF. The molecular weight excluding hydrogens is 109 g/mol. The van der Waals surface area contributed by atoms with Gasteiger partial charge in [0.2, 0.25) is 0 Å². The number of hydrogen-bond acceptors (Lipinski definition) is 2. The van der Waals surface area contributed by atoms with Crippen molar-refractivity contribution in [2.45, 2.75) is 6.42 Å². The fourth-order valence-electron chi connectivity index (χ4n) is 0.391.